The summed E-state index contributed by atoms with van der Waals surface area (Å²) in [7, 11) is 0. The van der Waals surface area contributed by atoms with Gasteiger partial charge in [0.2, 0.25) is 0 Å². The number of aromatic nitrogens is 2. The van der Waals surface area contributed by atoms with Gasteiger partial charge in [0, 0.05) is 5.69 Å². The molecule has 0 amide bonds. The van der Waals surface area contributed by atoms with Gasteiger partial charge in [0.25, 0.3) is 5.91 Å². The van der Waals surface area contributed by atoms with Crippen LogP contribution < -0.4 is 0 Å². The molecular weight excluding hydrogens is 224 g/mol. The van der Waals surface area contributed by atoms with Crippen molar-refractivity contribution in [2.75, 3.05) is 0 Å². The molecule has 0 aliphatic heterocycles. The highest BCUT2D eigenvalue weighted by Crippen LogP contribution is 2.22. The van der Waals surface area contributed by atoms with Gasteiger partial charge in [0.1, 0.15) is 0 Å². The minimum absolute atomic E-state index is 0.0503. The number of hydrogen-bond donors (Lipinski definition) is 0. The monoisotopic (exact) mass is 242 g/mol. The Balaban J connectivity index is 2.34. The van der Waals surface area contributed by atoms with E-state index in [4.69, 9.17) is 0 Å². The first-order valence-electron chi connectivity index (χ1n) is 6.26. The van der Waals surface area contributed by atoms with E-state index in [-0.39, 0.29) is 11.8 Å². The van der Waals surface area contributed by atoms with E-state index in [9.17, 15) is 4.79 Å². The molecular formula is C15H18N2O. The van der Waals surface area contributed by atoms with Crippen LogP contribution in [-0.2, 0) is 0 Å². The topological polar surface area (TPSA) is 34.9 Å². The van der Waals surface area contributed by atoms with Crippen LogP contribution in [0.25, 0.3) is 0 Å². The van der Waals surface area contributed by atoms with Gasteiger partial charge in [-0.25, -0.2) is 4.68 Å². The molecule has 0 bridgehead atoms. The summed E-state index contributed by atoms with van der Waals surface area (Å²) in [5.41, 5.74) is 2.83. The molecule has 2 aromatic rings. The molecule has 0 spiro atoms. The third-order valence-electron chi connectivity index (χ3n) is 3.13. The highest BCUT2D eigenvalue weighted by atomic mass is 16.2. The summed E-state index contributed by atoms with van der Waals surface area (Å²) in [5, 5.41) is 4.27. The van der Waals surface area contributed by atoms with E-state index < -0.39 is 0 Å². The lowest BCUT2D eigenvalue weighted by Crippen LogP contribution is -2.22. The smallest absolute Gasteiger partial charge is 0.254 e. The largest absolute Gasteiger partial charge is 0.272 e. The summed E-state index contributed by atoms with van der Waals surface area (Å²) < 4.78 is 1.52. The predicted molar refractivity (Wildman–Crippen MR) is 71.8 cm³/mol. The highest BCUT2D eigenvalue weighted by Gasteiger charge is 2.22. The summed E-state index contributed by atoms with van der Waals surface area (Å²) in [4.78, 5) is 12.5. The van der Waals surface area contributed by atoms with Crippen LogP contribution in [0.3, 0.4) is 0 Å². The zero-order valence-corrected chi connectivity index (χ0v) is 11.1. The molecule has 0 N–H and O–H groups in total. The number of nitrogens with zero attached hydrogens (tertiary/aromatic N) is 2. The van der Waals surface area contributed by atoms with Gasteiger partial charge in [0.15, 0.2) is 0 Å². The molecule has 1 atom stereocenters. The van der Waals surface area contributed by atoms with Gasteiger partial charge in [-0.3, -0.25) is 4.79 Å². The normalized spacial score (nSPS) is 12.4. The van der Waals surface area contributed by atoms with Gasteiger partial charge < -0.3 is 0 Å². The number of carbonyl (C=O) groups is 1. The van der Waals surface area contributed by atoms with Crippen molar-refractivity contribution in [3.8, 4) is 0 Å². The second-order valence-corrected chi connectivity index (χ2v) is 4.55. The minimum Gasteiger partial charge on any atom is -0.272 e. The van der Waals surface area contributed by atoms with Crippen molar-refractivity contribution in [3.05, 3.63) is 53.3 Å². The molecule has 1 heterocycles. The average molecular weight is 242 g/mol. The Labute approximate surface area is 107 Å². The molecule has 0 fully saturated rings. The van der Waals surface area contributed by atoms with Crippen molar-refractivity contribution in [3.63, 3.8) is 0 Å². The Bertz CT molecular complexity index is 543. The molecule has 0 radical (unpaired) electrons. The minimum atomic E-state index is -0.121. The summed E-state index contributed by atoms with van der Waals surface area (Å²) in [6.45, 7) is 5.84. The van der Waals surface area contributed by atoms with Gasteiger partial charge in [-0.05, 0) is 31.9 Å². The first kappa shape index (κ1) is 12.6. The van der Waals surface area contributed by atoms with Gasteiger partial charge in [-0.15, -0.1) is 0 Å². The first-order chi connectivity index (χ1) is 8.63. The zero-order valence-electron chi connectivity index (χ0n) is 11.1. The molecule has 2 rings (SSSR count). The zero-order chi connectivity index (χ0) is 13.1. The Morgan fingerprint density at radius 2 is 1.94 bits per heavy atom. The van der Waals surface area contributed by atoms with Crippen LogP contribution in [0.5, 0.6) is 0 Å². The molecule has 18 heavy (non-hydrogen) atoms. The molecule has 0 saturated heterocycles. The van der Waals surface area contributed by atoms with E-state index in [1.54, 1.807) is 0 Å². The Morgan fingerprint density at radius 3 is 2.44 bits per heavy atom. The fourth-order valence-electron chi connectivity index (χ4n) is 2.24. The van der Waals surface area contributed by atoms with Crippen LogP contribution in [0.4, 0.5) is 0 Å². The van der Waals surface area contributed by atoms with Crippen molar-refractivity contribution in [2.24, 2.45) is 0 Å². The third kappa shape index (κ3) is 2.35. The first-order valence-corrected chi connectivity index (χ1v) is 6.26. The molecule has 0 aliphatic carbocycles. The standard InChI is InChI=1S/C15H18N2O/c1-4-14(13-8-6-5-7-9-13)15(18)17-12(3)10-11(2)16-17/h5-10,14H,4H2,1-3H3/t14-/m0/s1. The maximum absolute atomic E-state index is 12.5. The van der Waals surface area contributed by atoms with Crippen LogP contribution >= 0.6 is 0 Å². The van der Waals surface area contributed by atoms with Crippen LogP contribution in [0.2, 0.25) is 0 Å². The van der Waals surface area contributed by atoms with Crippen LogP contribution in [0.1, 0.15) is 41.0 Å². The van der Waals surface area contributed by atoms with E-state index in [1.807, 2.05) is 57.2 Å². The molecule has 0 unspecified atom stereocenters. The fraction of sp³-hybridized carbons (Fsp3) is 0.333. The Hall–Kier alpha value is -1.90. The maximum Gasteiger partial charge on any atom is 0.254 e. The maximum atomic E-state index is 12.5. The van der Waals surface area contributed by atoms with Crippen molar-refractivity contribution >= 4 is 5.91 Å². The molecule has 3 nitrogen and oxygen atoms in total. The predicted octanol–water partition coefficient (Wildman–Crippen LogP) is 3.33. The highest BCUT2D eigenvalue weighted by molar-refractivity contribution is 5.85. The summed E-state index contributed by atoms with van der Waals surface area (Å²) >= 11 is 0. The van der Waals surface area contributed by atoms with Crippen molar-refractivity contribution in [1.29, 1.82) is 0 Å². The van der Waals surface area contributed by atoms with Crippen LogP contribution in [-0.4, -0.2) is 15.7 Å². The van der Waals surface area contributed by atoms with E-state index in [1.165, 1.54) is 4.68 Å². The van der Waals surface area contributed by atoms with Gasteiger partial charge in [0.05, 0.1) is 11.6 Å². The Kier molecular flexibility index (Phi) is 3.60. The van der Waals surface area contributed by atoms with E-state index in [2.05, 4.69) is 5.10 Å². The molecule has 1 aromatic carbocycles. The van der Waals surface area contributed by atoms with Gasteiger partial charge in [-0.2, -0.15) is 5.10 Å². The van der Waals surface area contributed by atoms with Crippen molar-refractivity contribution in [1.82, 2.24) is 9.78 Å². The molecule has 0 saturated carbocycles. The lowest BCUT2D eigenvalue weighted by Gasteiger charge is -2.14. The summed E-state index contributed by atoms with van der Waals surface area (Å²) in [5.74, 6) is -0.0708. The number of hydrogen-bond acceptors (Lipinski definition) is 2. The van der Waals surface area contributed by atoms with Gasteiger partial charge >= 0.3 is 0 Å². The third-order valence-corrected chi connectivity index (χ3v) is 3.13. The Morgan fingerprint density at radius 1 is 1.28 bits per heavy atom. The SMILES string of the molecule is CC[C@H](C(=O)n1nc(C)cc1C)c1ccccc1. The summed E-state index contributed by atoms with van der Waals surface area (Å²) in [6.07, 6.45) is 0.779. The molecule has 3 heteroatoms. The second-order valence-electron chi connectivity index (χ2n) is 4.55. The van der Waals surface area contributed by atoms with Gasteiger partial charge in [-0.1, -0.05) is 37.3 Å². The lowest BCUT2D eigenvalue weighted by molar-refractivity contribution is 0.0855. The summed E-state index contributed by atoms with van der Waals surface area (Å²) in [6, 6.07) is 11.8. The van der Waals surface area contributed by atoms with E-state index >= 15 is 0 Å². The van der Waals surface area contributed by atoms with Crippen LogP contribution in [0, 0.1) is 13.8 Å². The number of rotatable bonds is 3. The number of carbonyl (C=O) groups excluding carboxylic acids is 1. The van der Waals surface area contributed by atoms with Crippen molar-refractivity contribution < 1.29 is 4.79 Å². The average Bonchev–Trinajstić information content (AvgIpc) is 2.70. The van der Waals surface area contributed by atoms with Crippen LogP contribution in [0.15, 0.2) is 36.4 Å². The quantitative estimate of drug-likeness (QED) is 0.827. The van der Waals surface area contributed by atoms with E-state index in [0.29, 0.717) is 0 Å². The number of aryl methyl sites for hydroxylation is 2. The molecule has 0 aliphatic rings. The lowest BCUT2D eigenvalue weighted by atomic mass is 9.96. The number of benzene rings is 1. The second kappa shape index (κ2) is 5.17. The fourth-order valence-corrected chi connectivity index (χ4v) is 2.24. The van der Waals surface area contributed by atoms with E-state index in [0.717, 1.165) is 23.4 Å². The molecule has 94 valence electrons. The van der Waals surface area contributed by atoms with Crippen molar-refractivity contribution in [2.45, 2.75) is 33.1 Å². The molecule has 1 aromatic heterocycles.